The maximum Gasteiger partial charge on any atom is 0.0730 e. The van der Waals surface area contributed by atoms with Crippen LogP contribution in [0.3, 0.4) is 0 Å². The summed E-state index contributed by atoms with van der Waals surface area (Å²) in [7, 11) is 0. The van der Waals surface area contributed by atoms with Crippen molar-refractivity contribution in [3.8, 4) is 0 Å². The van der Waals surface area contributed by atoms with Crippen molar-refractivity contribution >= 4 is 0 Å². The molecule has 0 aromatic rings. The Morgan fingerprint density at radius 1 is 1.50 bits per heavy atom. The summed E-state index contributed by atoms with van der Waals surface area (Å²) in [4.78, 5) is 2.35. The maximum absolute atomic E-state index is 9.82. The molecule has 0 aromatic carbocycles. The molecular formula is C11H24N2O. The minimum absolute atomic E-state index is 0.0908. The minimum Gasteiger partial charge on any atom is -0.391 e. The van der Waals surface area contributed by atoms with E-state index in [0.717, 1.165) is 19.5 Å². The Hall–Kier alpha value is -0.120. The first-order valence-electron chi connectivity index (χ1n) is 5.43. The molecule has 1 heterocycles. The van der Waals surface area contributed by atoms with Crippen LogP contribution in [-0.4, -0.2) is 41.3 Å². The van der Waals surface area contributed by atoms with Crippen molar-refractivity contribution in [1.29, 1.82) is 0 Å². The second-order valence-corrected chi connectivity index (χ2v) is 5.75. The van der Waals surface area contributed by atoms with Crippen LogP contribution in [0.5, 0.6) is 0 Å². The molecule has 1 aliphatic rings. The summed E-state index contributed by atoms with van der Waals surface area (Å²) < 4.78 is 0. The van der Waals surface area contributed by atoms with Gasteiger partial charge in [0.25, 0.3) is 0 Å². The molecule has 84 valence electrons. The number of aliphatic hydroxyl groups excluding tert-OH is 1. The third kappa shape index (κ3) is 2.27. The molecule has 1 aliphatic heterocycles. The number of nitrogens with two attached hydrogens (primary N) is 1. The number of hydrogen-bond acceptors (Lipinski definition) is 3. The van der Waals surface area contributed by atoms with Gasteiger partial charge in [0.2, 0.25) is 0 Å². The van der Waals surface area contributed by atoms with Gasteiger partial charge in [0.1, 0.15) is 0 Å². The van der Waals surface area contributed by atoms with Crippen molar-refractivity contribution < 1.29 is 5.11 Å². The van der Waals surface area contributed by atoms with Gasteiger partial charge in [0.05, 0.1) is 6.10 Å². The zero-order valence-corrected chi connectivity index (χ0v) is 9.88. The fourth-order valence-corrected chi connectivity index (χ4v) is 1.99. The van der Waals surface area contributed by atoms with Crippen LogP contribution in [0.15, 0.2) is 0 Å². The van der Waals surface area contributed by atoms with E-state index in [0.29, 0.717) is 6.54 Å². The van der Waals surface area contributed by atoms with E-state index in [1.807, 2.05) is 0 Å². The molecule has 0 radical (unpaired) electrons. The number of nitrogens with zero attached hydrogens (tertiary/aromatic N) is 1. The summed E-state index contributed by atoms with van der Waals surface area (Å²) in [5, 5.41) is 9.82. The predicted molar refractivity (Wildman–Crippen MR) is 59.1 cm³/mol. The molecule has 0 amide bonds. The van der Waals surface area contributed by atoms with Crippen molar-refractivity contribution in [1.82, 2.24) is 4.90 Å². The number of rotatable bonds is 3. The Morgan fingerprint density at radius 3 is 2.43 bits per heavy atom. The van der Waals surface area contributed by atoms with Crippen LogP contribution in [0, 0.1) is 5.41 Å². The lowest BCUT2D eigenvalue weighted by molar-refractivity contribution is 0.0362. The fraction of sp³-hybridized carbons (Fsp3) is 1.00. The summed E-state index contributed by atoms with van der Waals surface area (Å²) in [6.07, 6.45) is 0.685. The first kappa shape index (κ1) is 12.0. The van der Waals surface area contributed by atoms with Crippen molar-refractivity contribution in [3.63, 3.8) is 0 Å². The summed E-state index contributed by atoms with van der Waals surface area (Å²) in [5.74, 6) is 0. The molecule has 0 spiro atoms. The molecule has 1 atom stereocenters. The molecule has 1 unspecified atom stereocenters. The highest BCUT2D eigenvalue weighted by molar-refractivity contribution is 4.97. The Bertz CT molecular complexity index is 201. The van der Waals surface area contributed by atoms with Crippen molar-refractivity contribution in [2.24, 2.45) is 11.1 Å². The van der Waals surface area contributed by atoms with Gasteiger partial charge in [-0.1, -0.05) is 13.8 Å². The normalized spacial score (nSPS) is 28.3. The minimum atomic E-state index is -0.198. The van der Waals surface area contributed by atoms with Gasteiger partial charge >= 0.3 is 0 Å². The van der Waals surface area contributed by atoms with Crippen molar-refractivity contribution in [2.45, 2.75) is 45.8 Å². The highest BCUT2D eigenvalue weighted by atomic mass is 16.3. The third-order valence-corrected chi connectivity index (χ3v) is 3.47. The van der Waals surface area contributed by atoms with Crippen LogP contribution in [0.2, 0.25) is 0 Å². The molecule has 1 fully saturated rings. The van der Waals surface area contributed by atoms with E-state index in [1.165, 1.54) is 0 Å². The maximum atomic E-state index is 9.82. The predicted octanol–water partition coefficient (Wildman–Crippen LogP) is 0.816. The topological polar surface area (TPSA) is 49.5 Å². The SMILES string of the molecule is CC(C)(CN)CN1CCC(O)C1(C)C. The van der Waals surface area contributed by atoms with E-state index in [4.69, 9.17) is 5.73 Å². The number of hydrogen-bond donors (Lipinski definition) is 2. The number of aliphatic hydroxyl groups is 1. The highest BCUT2D eigenvalue weighted by Crippen LogP contribution is 2.31. The molecule has 14 heavy (non-hydrogen) atoms. The van der Waals surface area contributed by atoms with Gasteiger partial charge in [0.15, 0.2) is 0 Å². The molecule has 3 N–H and O–H groups in total. The summed E-state index contributed by atoms with van der Waals surface area (Å²) in [6.45, 7) is 11.2. The lowest BCUT2D eigenvalue weighted by Gasteiger charge is -2.38. The number of likely N-dealkylation sites (tertiary alicyclic amines) is 1. The zero-order chi connectivity index (χ0) is 11.0. The van der Waals surface area contributed by atoms with Crippen molar-refractivity contribution in [2.75, 3.05) is 19.6 Å². The lowest BCUT2D eigenvalue weighted by Crippen LogP contribution is -2.49. The molecule has 3 heteroatoms. The molecule has 0 bridgehead atoms. The Kier molecular flexibility index (Phi) is 3.24. The summed E-state index contributed by atoms with van der Waals surface area (Å²) in [5.41, 5.74) is 5.77. The fourth-order valence-electron chi connectivity index (χ4n) is 1.99. The van der Waals surface area contributed by atoms with E-state index in [2.05, 4.69) is 32.6 Å². The monoisotopic (exact) mass is 200 g/mol. The molecule has 0 aliphatic carbocycles. The van der Waals surface area contributed by atoms with E-state index >= 15 is 0 Å². The smallest absolute Gasteiger partial charge is 0.0730 e. The van der Waals surface area contributed by atoms with Crippen LogP contribution in [0.1, 0.15) is 34.1 Å². The van der Waals surface area contributed by atoms with Gasteiger partial charge in [-0.05, 0) is 32.2 Å². The van der Waals surface area contributed by atoms with Gasteiger partial charge in [-0.2, -0.15) is 0 Å². The summed E-state index contributed by atoms with van der Waals surface area (Å²) in [6, 6.07) is 0. The van der Waals surface area contributed by atoms with E-state index in [9.17, 15) is 5.11 Å². The van der Waals surface area contributed by atoms with Crippen LogP contribution < -0.4 is 5.73 Å². The Morgan fingerprint density at radius 2 is 2.07 bits per heavy atom. The van der Waals surface area contributed by atoms with Gasteiger partial charge in [-0.15, -0.1) is 0 Å². The highest BCUT2D eigenvalue weighted by Gasteiger charge is 2.41. The average molecular weight is 200 g/mol. The molecule has 0 saturated carbocycles. The first-order chi connectivity index (χ1) is 6.29. The van der Waals surface area contributed by atoms with Gasteiger partial charge in [-0.25, -0.2) is 0 Å². The lowest BCUT2D eigenvalue weighted by atomic mass is 9.90. The molecule has 3 nitrogen and oxygen atoms in total. The van der Waals surface area contributed by atoms with Gasteiger partial charge in [0, 0.05) is 18.6 Å². The standard InChI is InChI=1S/C11H24N2O/c1-10(2,7-12)8-13-6-5-9(14)11(13,3)4/h9,14H,5-8,12H2,1-4H3. The second kappa shape index (κ2) is 3.80. The third-order valence-electron chi connectivity index (χ3n) is 3.47. The van der Waals surface area contributed by atoms with Crippen LogP contribution in [-0.2, 0) is 0 Å². The summed E-state index contributed by atoms with van der Waals surface area (Å²) >= 11 is 0. The zero-order valence-electron chi connectivity index (χ0n) is 9.88. The van der Waals surface area contributed by atoms with Gasteiger partial charge < -0.3 is 10.8 Å². The van der Waals surface area contributed by atoms with E-state index in [-0.39, 0.29) is 17.1 Å². The second-order valence-electron chi connectivity index (χ2n) is 5.75. The average Bonchev–Trinajstić information content (AvgIpc) is 2.32. The molecular weight excluding hydrogens is 176 g/mol. The Balaban J connectivity index is 2.63. The molecule has 1 rings (SSSR count). The van der Waals surface area contributed by atoms with Crippen molar-refractivity contribution in [3.05, 3.63) is 0 Å². The van der Waals surface area contributed by atoms with Crippen LogP contribution in [0.25, 0.3) is 0 Å². The van der Waals surface area contributed by atoms with Crippen LogP contribution in [0.4, 0.5) is 0 Å². The Labute approximate surface area is 87.3 Å². The quantitative estimate of drug-likeness (QED) is 0.709. The molecule has 1 saturated heterocycles. The largest absolute Gasteiger partial charge is 0.391 e. The van der Waals surface area contributed by atoms with Gasteiger partial charge in [-0.3, -0.25) is 4.90 Å². The molecule has 0 aromatic heterocycles. The van der Waals surface area contributed by atoms with E-state index < -0.39 is 0 Å². The van der Waals surface area contributed by atoms with Crippen LogP contribution >= 0.6 is 0 Å². The van der Waals surface area contributed by atoms with E-state index in [1.54, 1.807) is 0 Å². The first-order valence-corrected chi connectivity index (χ1v) is 5.43.